The predicted octanol–water partition coefficient (Wildman–Crippen LogP) is 2.93. The molecule has 1 heterocycles. The Labute approximate surface area is 158 Å². The van der Waals surface area contributed by atoms with E-state index < -0.39 is 0 Å². The Morgan fingerprint density at radius 1 is 1.07 bits per heavy atom. The predicted molar refractivity (Wildman–Crippen MR) is 106 cm³/mol. The van der Waals surface area contributed by atoms with E-state index in [9.17, 15) is 4.79 Å². The van der Waals surface area contributed by atoms with Gasteiger partial charge in [0.1, 0.15) is 5.75 Å². The van der Waals surface area contributed by atoms with Crippen LogP contribution in [0.25, 0.3) is 10.8 Å². The van der Waals surface area contributed by atoms with Crippen LogP contribution in [0.2, 0.25) is 0 Å². The van der Waals surface area contributed by atoms with Crippen LogP contribution >= 0.6 is 0 Å². The average Bonchev–Trinajstić information content (AvgIpc) is 3.22. The summed E-state index contributed by atoms with van der Waals surface area (Å²) in [7, 11) is 1.67. The zero-order chi connectivity index (χ0) is 18.6. The summed E-state index contributed by atoms with van der Waals surface area (Å²) in [4.78, 5) is 12.7. The number of methoxy groups -OCH3 is 1. The number of rotatable bonds is 5. The van der Waals surface area contributed by atoms with Crippen molar-refractivity contribution in [3.05, 3.63) is 77.9 Å². The molecule has 0 aromatic heterocycles. The van der Waals surface area contributed by atoms with Crippen molar-refractivity contribution in [1.29, 1.82) is 0 Å². The number of carbonyl (C=O) groups excluding carboxylic acids is 1. The van der Waals surface area contributed by atoms with Crippen molar-refractivity contribution in [3.8, 4) is 5.75 Å². The van der Waals surface area contributed by atoms with Crippen molar-refractivity contribution in [1.82, 2.24) is 16.2 Å². The highest BCUT2D eigenvalue weighted by Gasteiger charge is 2.33. The third-order valence-electron chi connectivity index (χ3n) is 5.06. The lowest BCUT2D eigenvalue weighted by Crippen LogP contribution is -2.34. The number of hydrogen-bond donors (Lipinski definition) is 3. The molecular formula is C22H23N3O2. The number of hydrogen-bond acceptors (Lipinski definition) is 4. The van der Waals surface area contributed by atoms with Crippen molar-refractivity contribution in [2.75, 3.05) is 13.7 Å². The Balaban J connectivity index is 1.43. The van der Waals surface area contributed by atoms with Crippen LogP contribution in [0.5, 0.6) is 5.75 Å². The van der Waals surface area contributed by atoms with Crippen molar-refractivity contribution < 1.29 is 9.53 Å². The molecule has 0 spiro atoms. The van der Waals surface area contributed by atoms with Gasteiger partial charge in [-0.05, 0) is 40.1 Å². The largest absolute Gasteiger partial charge is 0.497 e. The number of carbonyl (C=O) groups is 1. The second kappa shape index (κ2) is 7.78. The molecule has 27 heavy (non-hydrogen) atoms. The number of hydrazine groups is 1. The zero-order valence-electron chi connectivity index (χ0n) is 15.2. The molecule has 5 heteroatoms. The monoisotopic (exact) mass is 361 g/mol. The van der Waals surface area contributed by atoms with E-state index in [0.717, 1.165) is 27.6 Å². The normalized spacial score (nSPS) is 19.1. The average molecular weight is 361 g/mol. The molecule has 3 aromatic carbocycles. The summed E-state index contributed by atoms with van der Waals surface area (Å²) in [5.74, 6) is 0.755. The lowest BCUT2D eigenvalue weighted by atomic mass is 9.94. The summed E-state index contributed by atoms with van der Waals surface area (Å²) in [6, 6.07) is 22.3. The minimum absolute atomic E-state index is 0.0183. The van der Waals surface area contributed by atoms with Crippen LogP contribution in [0.15, 0.2) is 66.7 Å². The first-order valence-corrected chi connectivity index (χ1v) is 9.12. The molecule has 1 saturated heterocycles. The molecule has 138 valence electrons. The van der Waals surface area contributed by atoms with E-state index in [-0.39, 0.29) is 17.9 Å². The third kappa shape index (κ3) is 3.79. The fourth-order valence-electron chi connectivity index (χ4n) is 3.55. The fraction of sp³-hybridized carbons (Fsp3) is 0.227. The van der Waals surface area contributed by atoms with Crippen LogP contribution in [0.4, 0.5) is 0 Å². The van der Waals surface area contributed by atoms with Crippen LogP contribution in [0, 0.1) is 5.92 Å². The summed E-state index contributed by atoms with van der Waals surface area (Å²) >= 11 is 0. The van der Waals surface area contributed by atoms with Gasteiger partial charge in [-0.1, -0.05) is 48.5 Å². The Morgan fingerprint density at radius 2 is 1.85 bits per heavy atom. The quantitative estimate of drug-likeness (QED) is 0.654. The highest BCUT2D eigenvalue weighted by molar-refractivity contribution is 5.85. The van der Waals surface area contributed by atoms with Gasteiger partial charge in [0.25, 0.3) is 0 Å². The van der Waals surface area contributed by atoms with E-state index in [2.05, 4.69) is 28.3 Å². The number of amides is 1. The molecule has 1 aliphatic heterocycles. The Morgan fingerprint density at radius 3 is 2.67 bits per heavy atom. The second-order valence-corrected chi connectivity index (χ2v) is 6.79. The van der Waals surface area contributed by atoms with Crippen molar-refractivity contribution in [2.24, 2.45) is 5.92 Å². The van der Waals surface area contributed by atoms with Crippen LogP contribution in [-0.2, 0) is 11.3 Å². The summed E-state index contributed by atoms with van der Waals surface area (Å²) in [5.41, 5.74) is 8.52. The van der Waals surface area contributed by atoms with Gasteiger partial charge in [0.2, 0.25) is 5.91 Å². The Hall–Kier alpha value is -2.89. The van der Waals surface area contributed by atoms with E-state index >= 15 is 0 Å². The first-order valence-electron chi connectivity index (χ1n) is 9.12. The first-order chi connectivity index (χ1) is 13.2. The molecule has 2 atom stereocenters. The molecule has 4 rings (SSSR count). The topological polar surface area (TPSA) is 62.4 Å². The van der Waals surface area contributed by atoms with E-state index in [1.165, 1.54) is 0 Å². The van der Waals surface area contributed by atoms with Crippen molar-refractivity contribution in [3.63, 3.8) is 0 Å². The highest BCUT2D eigenvalue weighted by atomic mass is 16.5. The summed E-state index contributed by atoms with van der Waals surface area (Å²) < 4.78 is 5.27. The maximum absolute atomic E-state index is 12.7. The van der Waals surface area contributed by atoms with Gasteiger partial charge in [-0.25, -0.2) is 5.43 Å². The van der Waals surface area contributed by atoms with E-state index in [1.54, 1.807) is 7.11 Å². The lowest BCUT2D eigenvalue weighted by Gasteiger charge is -2.18. The van der Waals surface area contributed by atoms with Gasteiger partial charge in [-0.3, -0.25) is 10.2 Å². The van der Waals surface area contributed by atoms with Crippen LogP contribution in [0.1, 0.15) is 17.2 Å². The third-order valence-corrected chi connectivity index (χ3v) is 5.06. The molecule has 2 unspecified atom stereocenters. The molecule has 0 bridgehead atoms. The molecule has 5 nitrogen and oxygen atoms in total. The molecule has 3 aromatic rings. The molecule has 0 aliphatic carbocycles. The summed E-state index contributed by atoms with van der Waals surface area (Å²) in [6.45, 7) is 1.13. The fourth-order valence-corrected chi connectivity index (χ4v) is 3.55. The van der Waals surface area contributed by atoms with Gasteiger partial charge >= 0.3 is 0 Å². The summed E-state index contributed by atoms with van der Waals surface area (Å²) in [6.07, 6.45) is 0. The minimum Gasteiger partial charge on any atom is -0.497 e. The van der Waals surface area contributed by atoms with Crippen molar-refractivity contribution >= 4 is 16.7 Å². The van der Waals surface area contributed by atoms with Crippen LogP contribution < -0.4 is 20.9 Å². The van der Waals surface area contributed by atoms with Gasteiger partial charge in [-0.15, -0.1) is 0 Å². The first kappa shape index (κ1) is 17.5. The second-order valence-electron chi connectivity index (χ2n) is 6.79. The Bertz CT molecular complexity index is 943. The van der Waals surface area contributed by atoms with Crippen LogP contribution in [0.3, 0.4) is 0 Å². The van der Waals surface area contributed by atoms with Gasteiger partial charge in [-0.2, -0.15) is 0 Å². The van der Waals surface area contributed by atoms with E-state index in [0.29, 0.717) is 13.1 Å². The molecule has 0 radical (unpaired) electrons. The lowest BCUT2D eigenvalue weighted by molar-refractivity contribution is -0.125. The van der Waals surface area contributed by atoms with Gasteiger partial charge in [0.15, 0.2) is 0 Å². The van der Waals surface area contributed by atoms with E-state index in [4.69, 9.17) is 4.74 Å². The smallest absolute Gasteiger partial charge is 0.226 e. The molecular weight excluding hydrogens is 338 g/mol. The standard InChI is InChI=1S/C22H23N3O2/c1-27-19-10-9-17-11-15(7-8-18(17)12-19)13-23-22(26)20-14-24-25-21(20)16-5-3-2-4-6-16/h2-12,20-21,24-25H,13-14H2,1H3,(H,23,26). The maximum atomic E-state index is 12.7. The maximum Gasteiger partial charge on any atom is 0.226 e. The zero-order valence-corrected chi connectivity index (χ0v) is 15.2. The number of nitrogens with one attached hydrogen (secondary N) is 3. The molecule has 1 amide bonds. The van der Waals surface area contributed by atoms with Crippen LogP contribution in [-0.4, -0.2) is 19.6 Å². The van der Waals surface area contributed by atoms with E-state index in [1.807, 2.05) is 54.6 Å². The number of fused-ring (bicyclic) bond motifs is 1. The minimum atomic E-state index is -0.142. The van der Waals surface area contributed by atoms with Crippen molar-refractivity contribution in [2.45, 2.75) is 12.6 Å². The Kier molecular flexibility index (Phi) is 5.05. The molecule has 3 N–H and O–H groups in total. The molecule has 0 saturated carbocycles. The van der Waals surface area contributed by atoms with Gasteiger partial charge in [0, 0.05) is 13.1 Å². The molecule has 1 fully saturated rings. The van der Waals surface area contributed by atoms with Gasteiger partial charge < -0.3 is 10.1 Å². The highest BCUT2D eigenvalue weighted by Crippen LogP contribution is 2.25. The SMILES string of the molecule is COc1ccc2cc(CNC(=O)C3CNNC3c3ccccc3)ccc2c1. The molecule has 1 aliphatic rings. The number of ether oxygens (including phenoxy) is 1. The van der Waals surface area contributed by atoms with Gasteiger partial charge in [0.05, 0.1) is 19.1 Å². The number of benzene rings is 3. The summed E-state index contributed by atoms with van der Waals surface area (Å²) in [5, 5.41) is 5.34.